The van der Waals surface area contributed by atoms with Crippen molar-refractivity contribution in [1.82, 2.24) is 4.98 Å². The van der Waals surface area contributed by atoms with E-state index in [0.717, 1.165) is 10.0 Å². The van der Waals surface area contributed by atoms with Crippen molar-refractivity contribution >= 4 is 27.5 Å². The fraction of sp³-hybridized carbons (Fsp3) is 0.0833. The number of rotatable bonds is 3. The zero-order valence-corrected chi connectivity index (χ0v) is 11.2. The molecule has 88 valence electrons. The molecule has 0 fully saturated rings. The molecule has 0 aliphatic heterocycles. The zero-order valence-electron chi connectivity index (χ0n) is 8.86. The third-order valence-electron chi connectivity index (χ3n) is 2.16. The Morgan fingerprint density at radius 1 is 1.35 bits per heavy atom. The number of halogens is 2. The van der Waals surface area contributed by atoms with E-state index in [9.17, 15) is 0 Å². The smallest absolute Gasteiger partial charge is 0.223 e. The lowest BCUT2D eigenvalue weighted by Gasteiger charge is -2.10. The molecule has 5 heteroatoms. The Kier molecular flexibility index (Phi) is 3.99. The van der Waals surface area contributed by atoms with Crippen LogP contribution >= 0.6 is 27.5 Å². The molecule has 1 aromatic carbocycles. The molecule has 0 saturated heterocycles. The topological polar surface area (TPSA) is 48.1 Å². The summed E-state index contributed by atoms with van der Waals surface area (Å²) in [6, 6.07) is 9.11. The van der Waals surface area contributed by atoms with Gasteiger partial charge in [0.05, 0.1) is 5.02 Å². The zero-order chi connectivity index (χ0) is 12.3. The summed E-state index contributed by atoms with van der Waals surface area (Å²) in [5.41, 5.74) is 6.46. The second-order valence-electron chi connectivity index (χ2n) is 3.35. The standard InChI is InChI=1S/C12H10BrClN2O/c13-9-5-8(6-15)12(16-7-9)17-11-4-2-1-3-10(11)14/h1-5,7H,6,15H2. The molecule has 0 amide bonds. The van der Waals surface area contributed by atoms with Crippen molar-refractivity contribution in [2.45, 2.75) is 6.54 Å². The Hall–Kier alpha value is -1.10. The molecule has 0 aliphatic rings. The number of hydrogen-bond donors (Lipinski definition) is 1. The molecule has 1 heterocycles. The molecular weight excluding hydrogens is 304 g/mol. The molecule has 2 N–H and O–H groups in total. The molecule has 3 nitrogen and oxygen atoms in total. The Labute approximate surface area is 113 Å². The van der Waals surface area contributed by atoms with Gasteiger partial charge in [-0.2, -0.15) is 0 Å². The summed E-state index contributed by atoms with van der Waals surface area (Å²) in [6.07, 6.45) is 1.66. The summed E-state index contributed by atoms with van der Waals surface area (Å²) in [5, 5.41) is 0.542. The summed E-state index contributed by atoms with van der Waals surface area (Å²) >= 11 is 9.34. The van der Waals surface area contributed by atoms with E-state index in [1.54, 1.807) is 18.3 Å². The maximum Gasteiger partial charge on any atom is 0.223 e. The number of hydrogen-bond acceptors (Lipinski definition) is 3. The van der Waals surface area contributed by atoms with Gasteiger partial charge < -0.3 is 10.5 Å². The van der Waals surface area contributed by atoms with E-state index in [0.29, 0.717) is 23.2 Å². The van der Waals surface area contributed by atoms with Crippen LogP contribution in [0.1, 0.15) is 5.56 Å². The average Bonchev–Trinajstić information content (AvgIpc) is 2.34. The number of para-hydroxylation sites is 1. The third kappa shape index (κ3) is 2.97. The van der Waals surface area contributed by atoms with Gasteiger partial charge in [0.2, 0.25) is 5.88 Å². The number of ether oxygens (including phenoxy) is 1. The van der Waals surface area contributed by atoms with Crippen LogP contribution < -0.4 is 10.5 Å². The minimum absolute atomic E-state index is 0.353. The lowest BCUT2D eigenvalue weighted by Crippen LogP contribution is -2.01. The van der Waals surface area contributed by atoms with E-state index in [1.165, 1.54) is 0 Å². The molecule has 17 heavy (non-hydrogen) atoms. The number of pyridine rings is 1. The second-order valence-corrected chi connectivity index (χ2v) is 4.68. The maximum atomic E-state index is 6.01. The van der Waals surface area contributed by atoms with E-state index >= 15 is 0 Å². The molecule has 0 atom stereocenters. The minimum atomic E-state index is 0.353. The van der Waals surface area contributed by atoms with Crippen LogP contribution in [0.2, 0.25) is 5.02 Å². The predicted molar refractivity (Wildman–Crippen MR) is 71.4 cm³/mol. The van der Waals surface area contributed by atoms with E-state index in [2.05, 4.69) is 20.9 Å². The molecule has 0 radical (unpaired) electrons. The van der Waals surface area contributed by atoms with Gasteiger partial charge in [0.25, 0.3) is 0 Å². The highest BCUT2D eigenvalue weighted by atomic mass is 79.9. The fourth-order valence-electron chi connectivity index (χ4n) is 1.34. The number of nitrogens with two attached hydrogens (primary N) is 1. The van der Waals surface area contributed by atoms with Crippen LogP contribution in [0, 0.1) is 0 Å². The van der Waals surface area contributed by atoms with Crippen molar-refractivity contribution in [1.29, 1.82) is 0 Å². The van der Waals surface area contributed by atoms with E-state index in [1.807, 2.05) is 18.2 Å². The van der Waals surface area contributed by atoms with Crippen LogP contribution in [0.25, 0.3) is 0 Å². The lowest BCUT2D eigenvalue weighted by atomic mass is 10.3. The normalized spacial score (nSPS) is 10.3. The fourth-order valence-corrected chi connectivity index (χ4v) is 1.89. The first-order chi connectivity index (χ1) is 8.20. The second kappa shape index (κ2) is 5.49. The molecule has 0 spiro atoms. The van der Waals surface area contributed by atoms with Gasteiger partial charge >= 0.3 is 0 Å². The van der Waals surface area contributed by atoms with E-state index < -0.39 is 0 Å². The van der Waals surface area contributed by atoms with Gasteiger partial charge in [0.15, 0.2) is 0 Å². The van der Waals surface area contributed by atoms with Crippen molar-refractivity contribution in [2.24, 2.45) is 5.73 Å². The van der Waals surface area contributed by atoms with Crippen LogP contribution in [-0.4, -0.2) is 4.98 Å². The van der Waals surface area contributed by atoms with Crippen LogP contribution in [0.3, 0.4) is 0 Å². The van der Waals surface area contributed by atoms with Crippen molar-refractivity contribution in [3.63, 3.8) is 0 Å². The largest absolute Gasteiger partial charge is 0.437 e. The van der Waals surface area contributed by atoms with Crippen LogP contribution in [-0.2, 0) is 6.54 Å². The van der Waals surface area contributed by atoms with Crippen molar-refractivity contribution in [3.8, 4) is 11.6 Å². The highest BCUT2D eigenvalue weighted by Crippen LogP contribution is 2.30. The van der Waals surface area contributed by atoms with Gasteiger partial charge in [-0.1, -0.05) is 23.7 Å². The first-order valence-electron chi connectivity index (χ1n) is 4.97. The number of aromatic nitrogens is 1. The molecule has 0 bridgehead atoms. The van der Waals surface area contributed by atoms with Gasteiger partial charge in [-0.3, -0.25) is 0 Å². The third-order valence-corrected chi connectivity index (χ3v) is 2.90. The number of nitrogens with zero attached hydrogens (tertiary/aromatic N) is 1. The molecule has 2 aromatic rings. The maximum absolute atomic E-state index is 6.01. The van der Waals surface area contributed by atoms with Crippen molar-refractivity contribution < 1.29 is 4.74 Å². The summed E-state index contributed by atoms with van der Waals surface area (Å²) in [5.74, 6) is 1.04. The Bertz CT molecular complexity index is 534. The van der Waals surface area contributed by atoms with Crippen molar-refractivity contribution in [2.75, 3.05) is 0 Å². The monoisotopic (exact) mass is 312 g/mol. The highest BCUT2D eigenvalue weighted by molar-refractivity contribution is 9.10. The molecule has 0 saturated carbocycles. The predicted octanol–water partition coefficient (Wildman–Crippen LogP) is 3.75. The Morgan fingerprint density at radius 3 is 2.82 bits per heavy atom. The van der Waals surface area contributed by atoms with Crippen LogP contribution in [0.15, 0.2) is 41.0 Å². The lowest BCUT2D eigenvalue weighted by molar-refractivity contribution is 0.456. The van der Waals surface area contributed by atoms with Gasteiger partial charge in [0.1, 0.15) is 5.75 Å². The Morgan fingerprint density at radius 2 is 2.12 bits per heavy atom. The SMILES string of the molecule is NCc1cc(Br)cnc1Oc1ccccc1Cl. The molecule has 2 rings (SSSR count). The number of benzene rings is 1. The van der Waals surface area contributed by atoms with Gasteiger partial charge in [0, 0.05) is 22.8 Å². The molecule has 0 unspecified atom stereocenters. The minimum Gasteiger partial charge on any atom is -0.437 e. The van der Waals surface area contributed by atoms with E-state index in [4.69, 9.17) is 22.1 Å². The average molecular weight is 314 g/mol. The first kappa shape index (κ1) is 12.4. The first-order valence-corrected chi connectivity index (χ1v) is 6.14. The van der Waals surface area contributed by atoms with Gasteiger partial charge in [-0.25, -0.2) is 4.98 Å². The highest BCUT2D eigenvalue weighted by Gasteiger charge is 2.08. The molecule has 1 aromatic heterocycles. The summed E-state index contributed by atoms with van der Waals surface area (Å²) < 4.78 is 6.51. The van der Waals surface area contributed by atoms with Gasteiger partial charge in [-0.05, 0) is 34.1 Å². The van der Waals surface area contributed by atoms with Crippen LogP contribution in [0.5, 0.6) is 11.6 Å². The molecular formula is C12H10BrClN2O. The quantitative estimate of drug-likeness (QED) is 0.939. The summed E-state index contributed by atoms with van der Waals surface area (Å²) in [4.78, 5) is 4.18. The van der Waals surface area contributed by atoms with Crippen molar-refractivity contribution in [3.05, 3.63) is 51.6 Å². The van der Waals surface area contributed by atoms with Crippen LogP contribution in [0.4, 0.5) is 0 Å². The van der Waals surface area contributed by atoms with Gasteiger partial charge in [-0.15, -0.1) is 0 Å². The summed E-state index contributed by atoms with van der Waals surface area (Å²) in [6.45, 7) is 0.353. The van der Waals surface area contributed by atoms with E-state index in [-0.39, 0.29) is 0 Å². The Balaban J connectivity index is 2.33. The summed E-state index contributed by atoms with van der Waals surface area (Å²) in [7, 11) is 0. The molecule has 0 aliphatic carbocycles.